The molecule has 3 heterocycles. The maximum Gasteiger partial charge on any atom is 0.163 e. The molecule has 0 atom stereocenters. The van der Waals surface area contributed by atoms with Gasteiger partial charge in [0.1, 0.15) is 23.8 Å². The van der Waals surface area contributed by atoms with Gasteiger partial charge in [0.25, 0.3) is 0 Å². The van der Waals surface area contributed by atoms with Crippen LogP contribution in [0.3, 0.4) is 0 Å². The van der Waals surface area contributed by atoms with Crippen molar-refractivity contribution in [1.82, 2.24) is 29.9 Å². The van der Waals surface area contributed by atoms with Gasteiger partial charge in [0.15, 0.2) is 11.5 Å². The molecule has 3 aromatic heterocycles. The molecule has 3 rings (SSSR count). The van der Waals surface area contributed by atoms with E-state index in [9.17, 15) is 0 Å². The predicted octanol–water partition coefficient (Wildman–Crippen LogP) is 0.0403. The molecule has 0 saturated carbocycles. The van der Waals surface area contributed by atoms with E-state index in [1.54, 1.807) is 10.9 Å². The number of nitrogen functional groups attached to an aromatic ring is 1. The van der Waals surface area contributed by atoms with E-state index < -0.39 is 0 Å². The summed E-state index contributed by atoms with van der Waals surface area (Å²) < 4.78 is 1.63. The summed E-state index contributed by atoms with van der Waals surface area (Å²) in [7, 11) is 0. The molecule has 0 saturated heterocycles. The number of hydrogen-bond acceptors (Lipinski definition) is 8. The van der Waals surface area contributed by atoms with Crippen LogP contribution in [0.25, 0.3) is 11.0 Å². The van der Waals surface area contributed by atoms with Crippen LogP contribution in [0.15, 0.2) is 12.5 Å². The zero-order chi connectivity index (χ0) is 16.9. The molecule has 0 fully saturated rings. The van der Waals surface area contributed by atoms with E-state index in [2.05, 4.69) is 36.7 Å². The van der Waals surface area contributed by atoms with Gasteiger partial charge in [0.05, 0.1) is 30.4 Å². The second-order valence-corrected chi connectivity index (χ2v) is 5.16. The number of anilines is 2. The molecule has 124 valence electrons. The Labute approximate surface area is 137 Å². The smallest absolute Gasteiger partial charge is 0.163 e. The molecule has 0 bridgehead atoms. The minimum Gasteiger partial charge on any atom is -0.394 e. The molecule has 0 unspecified atom stereocenters. The number of aromatic amines is 1. The number of aryl methyl sites for hydroxylation is 1. The highest BCUT2D eigenvalue weighted by atomic mass is 16.3. The molecular formula is C14H17N9O. The van der Waals surface area contributed by atoms with Gasteiger partial charge in [0, 0.05) is 6.54 Å². The molecule has 10 heteroatoms. The van der Waals surface area contributed by atoms with E-state index >= 15 is 0 Å². The lowest BCUT2D eigenvalue weighted by Gasteiger charge is -2.06. The maximum atomic E-state index is 9.04. The van der Waals surface area contributed by atoms with Crippen molar-refractivity contribution in [1.29, 1.82) is 5.26 Å². The quantitative estimate of drug-likeness (QED) is 0.443. The summed E-state index contributed by atoms with van der Waals surface area (Å²) >= 11 is 0. The average molecular weight is 327 g/mol. The third kappa shape index (κ3) is 2.97. The van der Waals surface area contributed by atoms with Crippen LogP contribution in [0.5, 0.6) is 0 Å². The summed E-state index contributed by atoms with van der Waals surface area (Å²) in [6.45, 7) is 1.04. The first-order valence-electron chi connectivity index (χ1n) is 7.48. The molecule has 5 N–H and O–H groups in total. The number of aliphatic hydroxyl groups excluding tert-OH is 1. The van der Waals surface area contributed by atoms with Gasteiger partial charge >= 0.3 is 0 Å². The molecule has 0 radical (unpaired) electrons. The van der Waals surface area contributed by atoms with Gasteiger partial charge in [-0.25, -0.2) is 14.6 Å². The Kier molecular flexibility index (Phi) is 4.53. The fourth-order valence-corrected chi connectivity index (χ4v) is 2.46. The summed E-state index contributed by atoms with van der Waals surface area (Å²) in [6.07, 6.45) is 4.56. The van der Waals surface area contributed by atoms with Crippen LogP contribution in [-0.4, -0.2) is 48.2 Å². The summed E-state index contributed by atoms with van der Waals surface area (Å²) in [5.74, 6) is 0.920. The number of H-pyrrole nitrogens is 1. The summed E-state index contributed by atoms with van der Waals surface area (Å²) in [4.78, 5) is 8.43. The molecule has 0 aliphatic rings. The zero-order valence-electron chi connectivity index (χ0n) is 12.9. The SMILES string of the molecule is N#Cc1c(N)n[nH]c1CCCNc1ncnc2c1cnn2CCO. The summed E-state index contributed by atoms with van der Waals surface area (Å²) in [5, 5.41) is 32.9. The Balaban J connectivity index is 1.63. The number of aliphatic hydroxyl groups is 1. The van der Waals surface area contributed by atoms with Crippen LogP contribution in [0.4, 0.5) is 11.6 Å². The highest BCUT2D eigenvalue weighted by Gasteiger charge is 2.11. The fourth-order valence-electron chi connectivity index (χ4n) is 2.46. The standard InChI is InChI=1S/C14H17N9O/c15-6-9-11(21-22-12(9)16)2-1-3-17-13-10-7-20-23(4-5-24)14(10)19-8-18-13/h7-8,24H,1-5H2,(H3,16,21,22)(H,17,18,19). The number of nitriles is 1. The number of nitrogens with two attached hydrogens (primary N) is 1. The Hall–Kier alpha value is -3.19. The fraction of sp³-hybridized carbons (Fsp3) is 0.357. The van der Waals surface area contributed by atoms with Crippen molar-refractivity contribution in [2.24, 2.45) is 0 Å². The van der Waals surface area contributed by atoms with E-state index in [0.29, 0.717) is 36.5 Å². The molecule has 0 aliphatic heterocycles. The van der Waals surface area contributed by atoms with Gasteiger partial charge in [-0.05, 0) is 12.8 Å². The van der Waals surface area contributed by atoms with Crippen LogP contribution < -0.4 is 11.1 Å². The molecule has 24 heavy (non-hydrogen) atoms. The molecule has 3 aromatic rings. The lowest BCUT2D eigenvalue weighted by Crippen LogP contribution is -2.07. The number of rotatable bonds is 7. The number of aromatic nitrogens is 6. The van der Waals surface area contributed by atoms with Gasteiger partial charge in [-0.1, -0.05) is 0 Å². The van der Waals surface area contributed by atoms with Gasteiger partial charge in [-0.2, -0.15) is 15.5 Å². The van der Waals surface area contributed by atoms with E-state index in [1.165, 1.54) is 6.33 Å². The first-order valence-corrected chi connectivity index (χ1v) is 7.48. The molecule has 0 aliphatic carbocycles. The molecule has 0 aromatic carbocycles. The van der Waals surface area contributed by atoms with Crippen LogP contribution in [0.2, 0.25) is 0 Å². The minimum absolute atomic E-state index is 0.00190. The molecular weight excluding hydrogens is 310 g/mol. The van der Waals surface area contributed by atoms with Crippen LogP contribution in [0.1, 0.15) is 17.7 Å². The second-order valence-electron chi connectivity index (χ2n) is 5.16. The Bertz CT molecular complexity index is 876. The normalized spacial score (nSPS) is 10.8. The average Bonchev–Trinajstić information content (AvgIpc) is 3.16. The Morgan fingerprint density at radius 3 is 3.08 bits per heavy atom. The third-order valence-corrected chi connectivity index (χ3v) is 3.62. The first-order chi connectivity index (χ1) is 11.7. The number of hydrogen-bond donors (Lipinski definition) is 4. The number of nitrogens with one attached hydrogen (secondary N) is 2. The van der Waals surface area contributed by atoms with Gasteiger partial charge in [-0.3, -0.25) is 5.10 Å². The van der Waals surface area contributed by atoms with E-state index in [1.807, 2.05) is 0 Å². The Morgan fingerprint density at radius 1 is 1.42 bits per heavy atom. The highest BCUT2D eigenvalue weighted by molar-refractivity contribution is 5.85. The van der Waals surface area contributed by atoms with E-state index in [4.69, 9.17) is 16.1 Å². The molecule has 0 spiro atoms. The van der Waals surface area contributed by atoms with Crippen molar-refractivity contribution >= 4 is 22.7 Å². The summed E-state index contributed by atoms with van der Waals surface area (Å²) in [5.41, 5.74) is 7.43. The topological polar surface area (TPSA) is 154 Å². The van der Waals surface area contributed by atoms with Crippen LogP contribution in [-0.2, 0) is 13.0 Å². The largest absolute Gasteiger partial charge is 0.394 e. The molecule has 0 amide bonds. The van der Waals surface area contributed by atoms with Crippen molar-refractivity contribution in [2.75, 3.05) is 24.2 Å². The van der Waals surface area contributed by atoms with E-state index in [0.717, 1.165) is 17.5 Å². The zero-order valence-corrected chi connectivity index (χ0v) is 12.9. The van der Waals surface area contributed by atoms with Crippen molar-refractivity contribution in [2.45, 2.75) is 19.4 Å². The Morgan fingerprint density at radius 2 is 2.29 bits per heavy atom. The van der Waals surface area contributed by atoms with Crippen molar-refractivity contribution in [3.05, 3.63) is 23.8 Å². The van der Waals surface area contributed by atoms with Gasteiger partial charge in [0.2, 0.25) is 0 Å². The molecule has 10 nitrogen and oxygen atoms in total. The second kappa shape index (κ2) is 6.93. The first kappa shape index (κ1) is 15.7. The number of fused-ring (bicyclic) bond motifs is 1. The third-order valence-electron chi connectivity index (χ3n) is 3.62. The van der Waals surface area contributed by atoms with Gasteiger partial charge in [-0.15, -0.1) is 0 Å². The van der Waals surface area contributed by atoms with Crippen molar-refractivity contribution in [3.63, 3.8) is 0 Å². The number of nitrogens with zero attached hydrogens (tertiary/aromatic N) is 6. The maximum absolute atomic E-state index is 9.04. The van der Waals surface area contributed by atoms with E-state index in [-0.39, 0.29) is 12.4 Å². The van der Waals surface area contributed by atoms with Crippen LogP contribution >= 0.6 is 0 Å². The predicted molar refractivity (Wildman–Crippen MR) is 86.9 cm³/mol. The van der Waals surface area contributed by atoms with Crippen molar-refractivity contribution < 1.29 is 5.11 Å². The monoisotopic (exact) mass is 327 g/mol. The highest BCUT2D eigenvalue weighted by Crippen LogP contribution is 2.19. The van der Waals surface area contributed by atoms with Gasteiger partial charge < -0.3 is 16.2 Å². The summed E-state index contributed by atoms with van der Waals surface area (Å²) in [6, 6.07) is 2.05. The lowest BCUT2D eigenvalue weighted by molar-refractivity contribution is 0.271. The van der Waals surface area contributed by atoms with Crippen LogP contribution in [0, 0.1) is 11.3 Å². The van der Waals surface area contributed by atoms with Crippen molar-refractivity contribution in [3.8, 4) is 6.07 Å². The minimum atomic E-state index is -0.00190. The lowest BCUT2D eigenvalue weighted by atomic mass is 10.1.